The van der Waals surface area contributed by atoms with E-state index in [0.717, 1.165) is 19.5 Å². The van der Waals surface area contributed by atoms with E-state index in [-0.39, 0.29) is 5.82 Å². The standard InChI is InChI=1S/C15H25FN2/c1-5-13(11-17-12(3)4)18(6-2)15-10-8-7-9-14(15)16/h7-10,12-13,17H,5-6,11H2,1-4H3. The third kappa shape index (κ3) is 3.98. The zero-order chi connectivity index (χ0) is 13.5. The Kier molecular flexibility index (Phi) is 6.13. The number of para-hydroxylation sites is 1. The van der Waals surface area contributed by atoms with Crippen LogP contribution in [0.4, 0.5) is 10.1 Å². The number of hydrogen-bond acceptors (Lipinski definition) is 2. The molecule has 2 nitrogen and oxygen atoms in total. The van der Waals surface area contributed by atoms with E-state index in [1.165, 1.54) is 6.07 Å². The molecular weight excluding hydrogens is 227 g/mol. The Labute approximate surface area is 110 Å². The molecular formula is C15H25FN2. The fourth-order valence-corrected chi connectivity index (χ4v) is 2.16. The quantitative estimate of drug-likeness (QED) is 0.800. The molecule has 0 radical (unpaired) electrons. The van der Waals surface area contributed by atoms with Gasteiger partial charge in [0.2, 0.25) is 0 Å². The van der Waals surface area contributed by atoms with Crippen LogP contribution in [0.15, 0.2) is 24.3 Å². The lowest BCUT2D eigenvalue weighted by Gasteiger charge is -2.33. The van der Waals surface area contributed by atoms with Crippen molar-refractivity contribution in [2.45, 2.75) is 46.2 Å². The van der Waals surface area contributed by atoms with Gasteiger partial charge in [-0.15, -0.1) is 0 Å². The lowest BCUT2D eigenvalue weighted by molar-refractivity contribution is 0.485. The number of hydrogen-bond donors (Lipinski definition) is 1. The predicted octanol–water partition coefficient (Wildman–Crippen LogP) is 3.43. The summed E-state index contributed by atoms with van der Waals surface area (Å²) in [6.45, 7) is 10.2. The van der Waals surface area contributed by atoms with Gasteiger partial charge in [-0.25, -0.2) is 4.39 Å². The molecule has 0 heterocycles. The first-order valence-corrected chi connectivity index (χ1v) is 6.84. The molecule has 0 aliphatic carbocycles. The van der Waals surface area contributed by atoms with Crippen LogP contribution in [0.25, 0.3) is 0 Å². The van der Waals surface area contributed by atoms with Crippen LogP contribution >= 0.6 is 0 Å². The number of likely N-dealkylation sites (N-methyl/N-ethyl adjacent to an activating group) is 1. The second-order valence-electron chi connectivity index (χ2n) is 4.86. The maximum Gasteiger partial charge on any atom is 0.146 e. The van der Waals surface area contributed by atoms with Gasteiger partial charge < -0.3 is 10.2 Å². The van der Waals surface area contributed by atoms with Gasteiger partial charge in [-0.2, -0.15) is 0 Å². The first-order chi connectivity index (χ1) is 8.60. The van der Waals surface area contributed by atoms with Gasteiger partial charge >= 0.3 is 0 Å². The highest BCUT2D eigenvalue weighted by molar-refractivity contribution is 5.48. The minimum Gasteiger partial charge on any atom is -0.365 e. The van der Waals surface area contributed by atoms with Gasteiger partial charge in [0.25, 0.3) is 0 Å². The van der Waals surface area contributed by atoms with Gasteiger partial charge in [0.15, 0.2) is 0 Å². The lowest BCUT2D eigenvalue weighted by atomic mass is 10.1. The van der Waals surface area contributed by atoms with E-state index in [0.29, 0.717) is 17.8 Å². The Balaban J connectivity index is 2.83. The molecule has 1 aromatic rings. The van der Waals surface area contributed by atoms with E-state index in [1.54, 1.807) is 6.07 Å². The fourth-order valence-electron chi connectivity index (χ4n) is 2.16. The van der Waals surface area contributed by atoms with Crippen LogP contribution in [0.1, 0.15) is 34.1 Å². The third-order valence-electron chi connectivity index (χ3n) is 3.18. The van der Waals surface area contributed by atoms with E-state index in [4.69, 9.17) is 0 Å². The molecule has 1 aromatic carbocycles. The lowest BCUT2D eigenvalue weighted by Crippen LogP contribution is -2.44. The van der Waals surface area contributed by atoms with E-state index in [9.17, 15) is 4.39 Å². The zero-order valence-electron chi connectivity index (χ0n) is 11.9. The first kappa shape index (κ1) is 15.0. The van der Waals surface area contributed by atoms with Gasteiger partial charge in [0.05, 0.1) is 5.69 Å². The summed E-state index contributed by atoms with van der Waals surface area (Å²) >= 11 is 0. The Morgan fingerprint density at radius 2 is 1.89 bits per heavy atom. The average Bonchev–Trinajstić information content (AvgIpc) is 2.35. The van der Waals surface area contributed by atoms with Crippen LogP contribution in [0.2, 0.25) is 0 Å². The minimum absolute atomic E-state index is 0.137. The largest absolute Gasteiger partial charge is 0.365 e. The van der Waals surface area contributed by atoms with Crippen molar-refractivity contribution in [1.82, 2.24) is 5.32 Å². The molecule has 3 heteroatoms. The fraction of sp³-hybridized carbons (Fsp3) is 0.600. The Hall–Kier alpha value is -1.09. The molecule has 1 N–H and O–H groups in total. The topological polar surface area (TPSA) is 15.3 Å². The summed E-state index contributed by atoms with van der Waals surface area (Å²) in [5, 5.41) is 3.44. The predicted molar refractivity (Wildman–Crippen MR) is 76.6 cm³/mol. The second kappa shape index (κ2) is 7.37. The van der Waals surface area contributed by atoms with Crippen molar-refractivity contribution in [3.63, 3.8) is 0 Å². The monoisotopic (exact) mass is 252 g/mol. The molecule has 0 aliphatic rings. The molecule has 0 fully saturated rings. The average molecular weight is 252 g/mol. The maximum atomic E-state index is 13.9. The normalized spacial score (nSPS) is 12.8. The van der Waals surface area contributed by atoms with Crippen LogP contribution in [0.5, 0.6) is 0 Å². The smallest absolute Gasteiger partial charge is 0.146 e. The summed E-state index contributed by atoms with van der Waals surface area (Å²) in [4.78, 5) is 2.14. The number of nitrogens with zero attached hydrogens (tertiary/aromatic N) is 1. The van der Waals surface area contributed by atoms with Crippen LogP contribution in [-0.2, 0) is 0 Å². The minimum atomic E-state index is -0.137. The highest BCUT2D eigenvalue weighted by atomic mass is 19.1. The molecule has 0 saturated heterocycles. The summed E-state index contributed by atoms with van der Waals surface area (Å²) in [7, 11) is 0. The van der Waals surface area contributed by atoms with E-state index in [1.807, 2.05) is 12.1 Å². The van der Waals surface area contributed by atoms with Crippen LogP contribution in [-0.4, -0.2) is 25.2 Å². The molecule has 0 saturated carbocycles. The molecule has 1 atom stereocenters. The summed E-state index contributed by atoms with van der Waals surface area (Å²) in [5.74, 6) is -0.137. The van der Waals surface area contributed by atoms with Crippen molar-refractivity contribution in [2.75, 3.05) is 18.0 Å². The van der Waals surface area contributed by atoms with Gasteiger partial charge in [0.1, 0.15) is 5.82 Å². The summed E-state index contributed by atoms with van der Waals surface area (Å²) in [6, 6.07) is 7.80. The molecule has 18 heavy (non-hydrogen) atoms. The highest BCUT2D eigenvalue weighted by Crippen LogP contribution is 2.21. The number of benzene rings is 1. The SMILES string of the molecule is CCC(CNC(C)C)N(CC)c1ccccc1F. The van der Waals surface area contributed by atoms with E-state index < -0.39 is 0 Å². The number of rotatable bonds is 7. The van der Waals surface area contributed by atoms with Gasteiger partial charge in [0, 0.05) is 25.2 Å². The van der Waals surface area contributed by atoms with E-state index >= 15 is 0 Å². The Morgan fingerprint density at radius 3 is 2.39 bits per heavy atom. The van der Waals surface area contributed by atoms with Crippen molar-refractivity contribution in [3.05, 3.63) is 30.1 Å². The van der Waals surface area contributed by atoms with E-state index in [2.05, 4.69) is 37.9 Å². The molecule has 1 rings (SSSR count). The van der Waals surface area contributed by atoms with Crippen LogP contribution in [0, 0.1) is 5.82 Å². The number of halogens is 1. The molecule has 0 bridgehead atoms. The van der Waals surface area contributed by atoms with Crippen molar-refractivity contribution >= 4 is 5.69 Å². The number of anilines is 1. The summed E-state index contributed by atoms with van der Waals surface area (Å²) in [6.07, 6.45) is 1.00. The maximum absolute atomic E-state index is 13.9. The third-order valence-corrected chi connectivity index (χ3v) is 3.18. The second-order valence-corrected chi connectivity index (χ2v) is 4.86. The summed E-state index contributed by atoms with van der Waals surface area (Å²) < 4.78 is 13.9. The van der Waals surface area contributed by atoms with Crippen LogP contribution < -0.4 is 10.2 Å². The molecule has 102 valence electrons. The number of nitrogens with one attached hydrogen (secondary N) is 1. The van der Waals surface area contributed by atoms with Crippen LogP contribution in [0.3, 0.4) is 0 Å². The zero-order valence-corrected chi connectivity index (χ0v) is 11.9. The van der Waals surface area contributed by atoms with Gasteiger partial charge in [-0.3, -0.25) is 0 Å². The first-order valence-electron chi connectivity index (χ1n) is 6.84. The molecule has 1 unspecified atom stereocenters. The van der Waals surface area contributed by atoms with Gasteiger partial charge in [-0.1, -0.05) is 32.9 Å². The molecule has 0 amide bonds. The highest BCUT2D eigenvalue weighted by Gasteiger charge is 2.18. The molecule has 0 aliphatic heterocycles. The Bertz CT molecular complexity index is 352. The van der Waals surface area contributed by atoms with Crippen molar-refractivity contribution in [1.29, 1.82) is 0 Å². The van der Waals surface area contributed by atoms with Crippen molar-refractivity contribution in [2.24, 2.45) is 0 Å². The van der Waals surface area contributed by atoms with Crippen molar-refractivity contribution in [3.8, 4) is 0 Å². The summed E-state index contributed by atoms with van der Waals surface area (Å²) in [5.41, 5.74) is 0.706. The molecule has 0 aromatic heterocycles. The molecule has 0 spiro atoms. The Morgan fingerprint density at radius 1 is 1.22 bits per heavy atom. The van der Waals surface area contributed by atoms with Gasteiger partial charge in [-0.05, 0) is 25.5 Å². The van der Waals surface area contributed by atoms with Crippen molar-refractivity contribution < 1.29 is 4.39 Å².